The quantitative estimate of drug-likeness (QED) is 0.327. The van der Waals surface area contributed by atoms with Gasteiger partial charge >= 0.3 is 0 Å². The van der Waals surface area contributed by atoms with Crippen molar-refractivity contribution in [2.24, 2.45) is 16.1 Å². The van der Waals surface area contributed by atoms with Gasteiger partial charge in [0, 0.05) is 32.8 Å². The predicted molar refractivity (Wildman–Crippen MR) is 87.1 cm³/mol. The Labute approximate surface area is 132 Å². The summed E-state index contributed by atoms with van der Waals surface area (Å²) >= 11 is 0. The summed E-state index contributed by atoms with van der Waals surface area (Å²) in [5, 5.41) is 0. The van der Waals surface area contributed by atoms with Gasteiger partial charge in [0.05, 0.1) is 13.2 Å². The minimum Gasteiger partial charge on any atom is -0.382 e. The van der Waals surface area contributed by atoms with E-state index in [1.807, 2.05) is 6.92 Å². The van der Waals surface area contributed by atoms with Crippen molar-refractivity contribution in [2.75, 3.05) is 46.1 Å². The van der Waals surface area contributed by atoms with Crippen molar-refractivity contribution in [3.63, 3.8) is 0 Å². The summed E-state index contributed by atoms with van der Waals surface area (Å²) < 4.78 is 10.7. The molecule has 6 heteroatoms. The number of guanidine groups is 1. The molecule has 1 saturated heterocycles. The number of halogens is 1. The zero-order valence-corrected chi connectivity index (χ0v) is 14.1. The van der Waals surface area contributed by atoms with E-state index < -0.39 is 0 Å². The van der Waals surface area contributed by atoms with Crippen LogP contribution in [0, 0.1) is 5.41 Å². The fourth-order valence-electron chi connectivity index (χ4n) is 2.24. The summed E-state index contributed by atoms with van der Waals surface area (Å²) in [5.41, 5.74) is 6.41. The molecule has 0 bridgehead atoms. The van der Waals surface area contributed by atoms with Crippen molar-refractivity contribution >= 4 is 29.9 Å². The molecule has 1 aliphatic carbocycles. The smallest absolute Gasteiger partial charge is 0.191 e. The van der Waals surface area contributed by atoms with Crippen molar-refractivity contribution < 1.29 is 9.47 Å². The SMILES string of the molecule is CCOCCC1(CN=C(N)N2CCOCC2)CC1.I. The fourth-order valence-corrected chi connectivity index (χ4v) is 2.24. The first-order chi connectivity index (χ1) is 8.76. The second-order valence-electron chi connectivity index (χ2n) is 5.22. The highest BCUT2D eigenvalue weighted by molar-refractivity contribution is 14.0. The Morgan fingerprint density at radius 1 is 1.37 bits per heavy atom. The van der Waals surface area contributed by atoms with E-state index in [0.29, 0.717) is 11.4 Å². The monoisotopic (exact) mass is 383 g/mol. The van der Waals surface area contributed by atoms with E-state index in [0.717, 1.165) is 52.5 Å². The summed E-state index contributed by atoms with van der Waals surface area (Å²) in [6, 6.07) is 0. The van der Waals surface area contributed by atoms with Gasteiger partial charge in [-0.15, -0.1) is 24.0 Å². The Morgan fingerprint density at radius 2 is 2.05 bits per heavy atom. The summed E-state index contributed by atoms with van der Waals surface area (Å²) in [6.07, 6.45) is 3.64. The Kier molecular flexibility index (Phi) is 7.38. The van der Waals surface area contributed by atoms with Crippen molar-refractivity contribution in [1.82, 2.24) is 4.90 Å². The summed E-state index contributed by atoms with van der Waals surface area (Å²) in [7, 11) is 0. The molecule has 1 saturated carbocycles. The number of ether oxygens (including phenoxy) is 2. The molecule has 2 rings (SSSR count). The molecule has 112 valence electrons. The molecule has 0 spiro atoms. The normalized spacial score (nSPS) is 21.9. The van der Waals surface area contributed by atoms with Gasteiger partial charge in [-0.3, -0.25) is 4.99 Å². The molecule has 5 nitrogen and oxygen atoms in total. The van der Waals surface area contributed by atoms with E-state index in [9.17, 15) is 0 Å². The number of hydrogen-bond donors (Lipinski definition) is 1. The topological polar surface area (TPSA) is 60.1 Å². The van der Waals surface area contributed by atoms with E-state index in [-0.39, 0.29) is 24.0 Å². The number of rotatable bonds is 6. The lowest BCUT2D eigenvalue weighted by molar-refractivity contribution is 0.0673. The molecule has 2 aliphatic rings. The predicted octanol–water partition coefficient (Wildman–Crippen LogP) is 1.46. The molecule has 19 heavy (non-hydrogen) atoms. The Hall–Kier alpha value is -0.0800. The summed E-state index contributed by atoms with van der Waals surface area (Å²) in [6.45, 7) is 7.77. The van der Waals surface area contributed by atoms with E-state index in [1.165, 1.54) is 12.8 Å². The van der Waals surface area contributed by atoms with Gasteiger partial charge in [0.15, 0.2) is 5.96 Å². The molecule has 0 aromatic heterocycles. The van der Waals surface area contributed by atoms with Gasteiger partial charge in [0.2, 0.25) is 0 Å². The maximum Gasteiger partial charge on any atom is 0.191 e. The van der Waals surface area contributed by atoms with Crippen molar-refractivity contribution in [3.05, 3.63) is 0 Å². The van der Waals surface area contributed by atoms with Crippen LogP contribution in [0.3, 0.4) is 0 Å². The van der Waals surface area contributed by atoms with Gasteiger partial charge in [-0.05, 0) is 31.6 Å². The maximum atomic E-state index is 6.03. The third-order valence-electron chi connectivity index (χ3n) is 3.85. The minimum atomic E-state index is 0. The molecule has 0 aromatic rings. The molecule has 1 aliphatic heterocycles. The Balaban J connectivity index is 0.00000180. The Bertz CT molecular complexity index is 290. The van der Waals surface area contributed by atoms with Crippen LogP contribution in [0.4, 0.5) is 0 Å². The first-order valence-electron chi connectivity index (χ1n) is 6.96. The first-order valence-corrected chi connectivity index (χ1v) is 6.96. The number of morpholine rings is 1. The van der Waals surface area contributed by atoms with E-state index in [2.05, 4.69) is 9.89 Å². The third-order valence-corrected chi connectivity index (χ3v) is 3.85. The third kappa shape index (κ3) is 5.43. The van der Waals surface area contributed by atoms with Crippen LogP contribution in [-0.2, 0) is 9.47 Å². The average Bonchev–Trinajstić information content (AvgIpc) is 3.18. The molecule has 0 unspecified atom stereocenters. The van der Waals surface area contributed by atoms with Gasteiger partial charge in [0.25, 0.3) is 0 Å². The van der Waals surface area contributed by atoms with Gasteiger partial charge < -0.3 is 20.1 Å². The van der Waals surface area contributed by atoms with Crippen LogP contribution in [0.1, 0.15) is 26.2 Å². The fraction of sp³-hybridized carbons (Fsp3) is 0.923. The lowest BCUT2D eigenvalue weighted by atomic mass is 10.0. The molecule has 0 aromatic carbocycles. The molecule has 0 radical (unpaired) electrons. The average molecular weight is 383 g/mol. The van der Waals surface area contributed by atoms with Crippen LogP contribution in [0.5, 0.6) is 0 Å². The second-order valence-corrected chi connectivity index (χ2v) is 5.22. The minimum absolute atomic E-state index is 0. The highest BCUT2D eigenvalue weighted by Crippen LogP contribution is 2.49. The van der Waals surface area contributed by atoms with Crippen LogP contribution in [-0.4, -0.2) is 56.9 Å². The van der Waals surface area contributed by atoms with Crippen LogP contribution in [0.15, 0.2) is 4.99 Å². The standard InChI is InChI=1S/C13H25N3O2.HI/c1-2-17-8-5-13(3-4-13)11-15-12(14)16-6-9-18-10-7-16;/h2-11H2,1H3,(H2,14,15);1H. The number of aliphatic imine (C=N–C) groups is 1. The van der Waals surface area contributed by atoms with E-state index >= 15 is 0 Å². The summed E-state index contributed by atoms with van der Waals surface area (Å²) in [4.78, 5) is 6.68. The van der Waals surface area contributed by atoms with Crippen molar-refractivity contribution in [2.45, 2.75) is 26.2 Å². The van der Waals surface area contributed by atoms with Crippen LogP contribution >= 0.6 is 24.0 Å². The van der Waals surface area contributed by atoms with Crippen molar-refractivity contribution in [1.29, 1.82) is 0 Å². The van der Waals surface area contributed by atoms with Gasteiger partial charge in [-0.25, -0.2) is 0 Å². The van der Waals surface area contributed by atoms with Gasteiger partial charge in [-0.2, -0.15) is 0 Å². The highest BCUT2D eigenvalue weighted by Gasteiger charge is 2.41. The number of nitrogens with two attached hydrogens (primary N) is 1. The Morgan fingerprint density at radius 3 is 2.63 bits per heavy atom. The largest absolute Gasteiger partial charge is 0.382 e. The molecule has 2 N–H and O–H groups in total. The highest BCUT2D eigenvalue weighted by atomic mass is 127. The molecular formula is C13H26IN3O2. The zero-order valence-electron chi connectivity index (χ0n) is 11.8. The number of nitrogens with zero attached hydrogens (tertiary/aromatic N) is 2. The van der Waals surface area contributed by atoms with Gasteiger partial charge in [0.1, 0.15) is 0 Å². The van der Waals surface area contributed by atoms with Crippen LogP contribution in [0.2, 0.25) is 0 Å². The number of hydrogen-bond acceptors (Lipinski definition) is 3. The maximum absolute atomic E-state index is 6.03. The molecule has 0 amide bonds. The van der Waals surface area contributed by atoms with Crippen molar-refractivity contribution in [3.8, 4) is 0 Å². The molecular weight excluding hydrogens is 357 g/mol. The molecule has 2 fully saturated rings. The van der Waals surface area contributed by atoms with Crippen LogP contribution < -0.4 is 5.73 Å². The molecule has 1 heterocycles. The zero-order chi connectivity index (χ0) is 12.8. The van der Waals surface area contributed by atoms with E-state index in [4.69, 9.17) is 15.2 Å². The first kappa shape index (κ1) is 17.0. The lowest BCUT2D eigenvalue weighted by Gasteiger charge is -2.28. The van der Waals surface area contributed by atoms with Crippen LogP contribution in [0.25, 0.3) is 0 Å². The summed E-state index contributed by atoms with van der Waals surface area (Å²) in [5.74, 6) is 0.681. The molecule has 0 atom stereocenters. The second kappa shape index (κ2) is 8.26. The van der Waals surface area contributed by atoms with Gasteiger partial charge in [-0.1, -0.05) is 0 Å². The lowest BCUT2D eigenvalue weighted by Crippen LogP contribution is -2.45. The van der Waals surface area contributed by atoms with E-state index in [1.54, 1.807) is 0 Å².